The molecule has 0 bridgehead atoms. The van der Waals surface area contributed by atoms with Gasteiger partial charge in [-0.2, -0.15) is 0 Å². The van der Waals surface area contributed by atoms with E-state index in [1.54, 1.807) is 24.1 Å². The van der Waals surface area contributed by atoms with Crippen LogP contribution < -0.4 is 15.4 Å². The average Bonchev–Trinajstić information content (AvgIpc) is 2.30. The van der Waals surface area contributed by atoms with E-state index in [0.29, 0.717) is 17.9 Å². The molecule has 0 saturated carbocycles. The average molecular weight is 257 g/mol. The van der Waals surface area contributed by atoms with Gasteiger partial charge in [-0.25, -0.2) is 0 Å². The lowest BCUT2D eigenvalue weighted by Crippen LogP contribution is -2.35. The summed E-state index contributed by atoms with van der Waals surface area (Å²) in [4.78, 5) is 13.6. The van der Waals surface area contributed by atoms with Crippen molar-refractivity contribution < 1.29 is 9.53 Å². The number of nitrogens with zero attached hydrogens (tertiary/aromatic N) is 1. The summed E-state index contributed by atoms with van der Waals surface area (Å²) >= 11 is 0. The fraction of sp³-hybridized carbons (Fsp3) is 0.417. The van der Waals surface area contributed by atoms with E-state index >= 15 is 0 Å². The second kappa shape index (κ2) is 5.77. The monoisotopic (exact) mass is 256 g/mol. The molecule has 1 fully saturated rings. The number of piperidine rings is 1. The number of ether oxygens (including phenoxy) is 1. The number of halogens is 1. The molecule has 1 heterocycles. The highest BCUT2D eigenvalue weighted by atomic mass is 35.5. The Labute approximate surface area is 107 Å². The van der Waals surface area contributed by atoms with Crippen LogP contribution >= 0.6 is 12.4 Å². The van der Waals surface area contributed by atoms with E-state index in [-0.39, 0.29) is 18.3 Å². The number of anilines is 2. The Morgan fingerprint density at radius 3 is 2.76 bits per heavy atom. The predicted octanol–water partition coefficient (Wildman–Crippen LogP) is 2.22. The number of nitrogens with two attached hydrogens (primary N) is 1. The Morgan fingerprint density at radius 1 is 1.35 bits per heavy atom. The molecule has 1 aliphatic heterocycles. The van der Waals surface area contributed by atoms with Crippen molar-refractivity contribution in [3.63, 3.8) is 0 Å². The standard InChI is InChI=1S/C12H16N2O2.ClH/c1-16-11-8-9(13)5-6-10(11)14-7-3-2-4-12(14)15;/h5-6,8H,2-4,7,13H2,1H3;1H. The van der Waals surface area contributed by atoms with Gasteiger partial charge >= 0.3 is 0 Å². The number of nitrogen functional groups attached to an aromatic ring is 1. The van der Waals surface area contributed by atoms with Gasteiger partial charge in [0.1, 0.15) is 5.75 Å². The lowest BCUT2D eigenvalue weighted by Gasteiger charge is -2.28. The van der Waals surface area contributed by atoms with Crippen LogP contribution in [0.25, 0.3) is 0 Å². The predicted molar refractivity (Wildman–Crippen MR) is 70.9 cm³/mol. The summed E-state index contributed by atoms with van der Waals surface area (Å²) in [7, 11) is 1.59. The molecule has 1 aromatic rings. The topological polar surface area (TPSA) is 55.6 Å². The maximum atomic E-state index is 11.8. The molecule has 0 aromatic heterocycles. The second-order valence-electron chi connectivity index (χ2n) is 3.93. The Balaban J connectivity index is 0.00000144. The van der Waals surface area contributed by atoms with Crippen LogP contribution in [0.15, 0.2) is 18.2 Å². The number of rotatable bonds is 2. The summed E-state index contributed by atoms with van der Waals surface area (Å²) in [6, 6.07) is 5.38. The maximum Gasteiger partial charge on any atom is 0.227 e. The molecule has 17 heavy (non-hydrogen) atoms. The van der Waals surface area contributed by atoms with Gasteiger partial charge in [0.25, 0.3) is 0 Å². The molecule has 1 amide bonds. The fourth-order valence-corrected chi connectivity index (χ4v) is 1.98. The molecule has 0 unspecified atom stereocenters. The minimum atomic E-state index is 0. The van der Waals surface area contributed by atoms with Crippen LogP contribution in [-0.4, -0.2) is 19.6 Å². The van der Waals surface area contributed by atoms with Crippen LogP contribution in [0.5, 0.6) is 5.75 Å². The summed E-state index contributed by atoms with van der Waals surface area (Å²) in [6.07, 6.45) is 2.64. The molecule has 2 N–H and O–H groups in total. The minimum absolute atomic E-state index is 0. The fourth-order valence-electron chi connectivity index (χ4n) is 1.98. The normalized spacial score (nSPS) is 15.4. The smallest absolute Gasteiger partial charge is 0.227 e. The SMILES string of the molecule is COc1cc(N)ccc1N1CCCCC1=O.Cl. The van der Waals surface area contributed by atoms with Crippen molar-refractivity contribution in [1.29, 1.82) is 0 Å². The number of hydrogen-bond donors (Lipinski definition) is 1. The zero-order valence-corrected chi connectivity index (χ0v) is 10.6. The quantitative estimate of drug-likeness (QED) is 0.826. The van der Waals surface area contributed by atoms with Gasteiger partial charge in [-0.1, -0.05) is 0 Å². The summed E-state index contributed by atoms with van der Waals surface area (Å²) in [5.41, 5.74) is 7.15. The third kappa shape index (κ3) is 2.82. The zero-order valence-electron chi connectivity index (χ0n) is 9.81. The molecule has 0 radical (unpaired) electrons. The number of benzene rings is 1. The van der Waals surface area contributed by atoms with Gasteiger partial charge in [0, 0.05) is 24.7 Å². The van der Waals surface area contributed by atoms with Crippen molar-refractivity contribution in [2.45, 2.75) is 19.3 Å². The molecule has 94 valence electrons. The van der Waals surface area contributed by atoms with Crippen LogP contribution in [0.4, 0.5) is 11.4 Å². The van der Waals surface area contributed by atoms with Crippen molar-refractivity contribution in [2.75, 3.05) is 24.3 Å². The van der Waals surface area contributed by atoms with E-state index in [1.807, 2.05) is 6.07 Å². The van der Waals surface area contributed by atoms with Crippen molar-refractivity contribution >= 4 is 29.7 Å². The second-order valence-corrected chi connectivity index (χ2v) is 3.93. The molecular formula is C12H17ClN2O2. The molecular weight excluding hydrogens is 240 g/mol. The van der Waals surface area contributed by atoms with Crippen LogP contribution in [-0.2, 0) is 4.79 Å². The minimum Gasteiger partial charge on any atom is -0.494 e. The van der Waals surface area contributed by atoms with E-state index in [2.05, 4.69) is 0 Å². The van der Waals surface area contributed by atoms with E-state index in [4.69, 9.17) is 10.5 Å². The summed E-state index contributed by atoms with van der Waals surface area (Å²) in [5, 5.41) is 0. The van der Waals surface area contributed by atoms with Gasteiger partial charge in [-0.3, -0.25) is 4.79 Å². The first-order valence-electron chi connectivity index (χ1n) is 5.46. The number of carbonyl (C=O) groups excluding carboxylic acids is 1. The molecule has 2 rings (SSSR count). The van der Waals surface area contributed by atoms with Crippen molar-refractivity contribution in [1.82, 2.24) is 0 Å². The van der Waals surface area contributed by atoms with Crippen LogP contribution in [0.1, 0.15) is 19.3 Å². The largest absolute Gasteiger partial charge is 0.494 e. The first kappa shape index (κ1) is 13.6. The highest BCUT2D eigenvalue weighted by Gasteiger charge is 2.22. The Kier molecular flexibility index (Phi) is 4.63. The van der Waals surface area contributed by atoms with E-state index in [1.165, 1.54) is 0 Å². The van der Waals surface area contributed by atoms with Gasteiger partial charge in [0.05, 0.1) is 12.8 Å². The molecule has 0 aliphatic carbocycles. The third-order valence-electron chi connectivity index (χ3n) is 2.82. The maximum absolute atomic E-state index is 11.8. The van der Waals surface area contributed by atoms with Crippen LogP contribution in [0.3, 0.4) is 0 Å². The van der Waals surface area contributed by atoms with Crippen molar-refractivity contribution in [2.24, 2.45) is 0 Å². The van der Waals surface area contributed by atoms with Crippen molar-refractivity contribution in [3.05, 3.63) is 18.2 Å². The molecule has 0 atom stereocenters. The number of carbonyl (C=O) groups is 1. The Hall–Kier alpha value is -1.42. The third-order valence-corrected chi connectivity index (χ3v) is 2.82. The number of hydrogen-bond acceptors (Lipinski definition) is 3. The van der Waals surface area contributed by atoms with Gasteiger partial charge in [-0.15, -0.1) is 12.4 Å². The van der Waals surface area contributed by atoms with Crippen molar-refractivity contribution in [3.8, 4) is 5.75 Å². The van der Waals surface area contributed by atoms with E-state index < -0.39 is 0 Å². The molecule has 4 nitrogen and oxygen atoms in total. The molecule has 1 aromatic carbocycles. The van der Waals surface area contributed by atoms with Crippen LogP contribution in [0, 0.1) is 0 Å². The van der Waals surface area contributed by atoms with E-state index in [9.17, 15) is 4.79 Å². The summed E-state index contributed by atoms with van der Waals surface area (Å²) < 4.78 is 5.25. The summed E-state index contributed by atoms with van der Waals surface area (Å²) in [6.45, 7) is 0.763. The van der Waals surface area contributed by atoms with E-state index in [0.717, 1.165) is 25.1 Å². The first-order valence-corrected chi connectivity index (χ1v) is 5.46. The first-order chi connectivity index (χ1) is 7.72. The van der Waals surface area contributed by atoms with Gasteiger partial charge < -0.3 is 15.4 Å². The number of amides is 1. The lowest BCUT2D eigenvalue weighted by molar-refractivity contribution is -0.119. The molecule has 0 spiro atoms. The Bertz CT molecular complexity index is 409. The van der Waals surface area contributed by atoms with Gasteiger partial charge in [-0.05, 0) is 25.0 Å². The summed E-state index contributed by atoms with van der Waals surface area (Å²) in [5.74, 6) is 0.824. The van der Waals surface area contributed by atoms with Gasteiger partial charge in [0.2, 0.25) is 5.91 Å². The van der Waals surface area contributed by atoms with Crippen LogP contribution in [0.2, 0.25) is 0 Å². The highest BCUT2D eigenvalue weighted by Crippen LogP contribution is 2.32. The lowest BCUT2D eigenvalue weighted by atomic mass is 10.1. The highest BCUT2D eigenvalue weighted by molar-refractivity contribution is 5.95. The molecule has 1 saturated heterocycles. The number of methoxy groups -OCH3 is 1. The van der Waals surface area contributed by atoms with Gasteiger partial charge in [0.15, 0.2) is 0 Å². The Morgan fingerprint density at radius 2 is 2.12 bits per heavy atom. The zero-order chi connectivity index (χ0) is 11.5. The molecule has 5 heteroatoms. The molecule has 1 aliphatic rings.